The SMILES string of the molecule is COc1cc2nc(C3CC3)nc(N3CCN(c4ccccc4N4CCOCC4)CC3)c2cc1OC. The van der Waals surface area contributed by atoms with Crippen LogP contribution in [0.3, 0.4) is 0 Å². The van der Waals surface area contributed by atoms with Crippen molar-refractivity contribution >= 4 is 28.1 Å². The van der Waals surface area contributed by atoms with Gasteiger partial charge in [-0.1, -0.05) is 12.1 Å². The summed E-state index contributed by atoms with van der Waals surface area (Å²) in [5.74, 6) is 3.87. The van der Waals surface area contributed by atoms with E-state index in [1.165, 1.54) is 24.2 Å². The minimum absolute atomic E-state index is 0.480. The van der Waals surface area contributed by atoms with Gasteiger partial charge in [0.25, 0.3) is 0 Å². The molecular weight excluding hydrogens is 442 g/mol. The number of hydrogen-bond acceptors (Lipinski definition) is 8. The molecule has 8 heteroatoms. The van der Waals surface area contributed by atoms with E-state index in [-0.39, 0.29) is 0 Å². The quantitative estimate of drug-likeness (QED) is 0.535. The molecule has 3 aromatic rings. The van der Waals surface area contributed by atoms with E-state index in [9.17, 15) is 0 Å². The summed E-state index contributed by atoms with van der Waals surface area (Å²) in [6, 6.07) is 12.8. The number of hydrogen-bond donors (Lipinski definition) is 0. The Hall–Kier alpha value is -3.26. The van der Waals surface area contributed by atoms with Gasteiger partial charge < -0.3 is 28.9 Å². The van der Waals surface area contributed by atoms with Gasteiger partial charge in [0.2, 0.25) is 0 Å². The lowest BCUT2D eigenvalue weighted by atomic mass is 10.1. The number of piperazine rings is 1. The number of nitrogens with zero attached hydrogens (tertiary/aromatic N) is 5. The minimum atomic E-state index is 0.480. The zero-order chi connectivity index (χ0) is 23.8. The molecule has 0 atom stereocenters. The zero-order valence-electron chi connectivity index (χ0n) is 20.6. The van der Waals surface area contributed by atoms with Crippen LogP contribution in [0.2, 0.25) is 0 Å². The Balaban J connectivity index is 1.29. The molecule has 0 N–H and O–H groups in total. The summed E-state index contributed by atoms with van der Waals surface area (Å²) in [5.41, 5.74) is 3.55. The molecule has 2 saturated heterocycles. The number of anilines is 3. The van der Waals surface area contributed by atoms with Gasteiger partial charge in [0.1, 0.15) is 11.6 Å². The summed E-state index contributed by atoms with van der Waals surface area (Å²) in [4.78, 5) is 17.4. The van der Waals surface area contributed by atoms with E-state index in [1.54, 1.807) is 14.2 Å². The van der Waals surface area contributed by atoms with Crippen LogP contribution in [0, 0.1) is 0 Å². The first-order valence-electron chi connectivity index (χ1n) is 12.6. The molecule has 3 heterocycles. The molecule has 6 rings (SSSR count). The molecule has 2 aromatic carbocycles. The molecule has 1 saturated carbocycles. The van der Waals surface area contributed by atoms with Crippen molar-refractivity contribution < 1.29 is 14.2 Å². The highest BCUT2D eigenvalue weighted by Crippen LogP contribution is 2.42. The molecule has 1 aromatic heterocycles. The second kappa shape index (κ2) is 9.41. The largest absolute Gasteiger partial charge is 0.493 e. The van der Waals surface area contributed by atoms with Crippen LogP contribution in [-0.2, 0) is 4.74 Å². The first kappa shape index (κ1) is 22.2. The lowest BCUT2D eigenvalue weighted by Crippen LogP contribution is -2.47. The fraction of sp³-hybridized carbons (Fsp3) is 0.481. The lowest BCUT2D eigenvalue weighted by molar-refractivity contribution is 0.122. The molecule has 8 nitrogen and oxygen atoms in total. The average Bonchev–Trinajstić information content (AvgIpc) is 3.78. The number of rotatable bonds is 6. The molecule has 0 spiro atoms. The number of benzene rings is 2. The lowest BCUT2D eigenvalue weighted by Gasteiger charge is -2.40. The fourth-order valence-electron chi connectivity index (χ4n) is 5.18. The van der Waals surface area contributed by atoms with Crippen molar-refractivity contribution in [1.29, 1.82) is 0 Å². The molecule has 3 aliphatic rings. The van der Waals surface area contributed by atoms with Crippen molar-refractivity contribution in [3.8, 4) is 11.5 Å². The Kier molecular flexibility index (Phi) is 5.98. The molecule has 3 fully saturated rings. The van der Waals surface area contributed by atoms with Gasteiger partial charge in [0, 0.05) is 56.6 Å². The molecule has 0 bridgehead atoms. The van der Waals surface area contributed by atoms with Crippen LogP contribution in [0.15, 0.2) is 36.4 Å². The summed E-state index contributed by atoms with van der Waals surface area (Å²) in [5, 5.41) is 1.02. The van der Waals surface area contributed by atoms with Crippen molar-refractivity contribution in [1.82, 2.24) is 9.97 Å². The van der Waals surface area contributed by atoms with Crippen molar-refractivity contribution in [3.63, 3.8) is 0 Å². The Morgan fingerprint density at radius 1 is 0.771 bits per heavy atom. The van der Waals surface area contributed by atoms with Gasteiger partial charge in [-0.25, -0.2) is 9.97 Å². The Bertz CT molecular complexity index is 1200. The molecule has 35 heavy (non-hydrogen) atoms. The predicted octanol–water partition coefficient (Wildman–Crippen LogP) is 3.69. The van der Waals surface area contributed by atoms with Crippen LogP contribution in [0.5, 0.6) is 11.5 Å². The van der Waals surface area contributed by atoms with Crippen LogP contribution in [0.25, 0.3) is 10.9 Å². The van der Waals surface area contributed by atoms with Gasteiger partial charge in [-0.05, 0) is 31.0 Å². The van der Waals surface area contributed by atoms with Crippen molar-refractivity contribution in [3.05, 3.63) is 42.2 Å². The van der Waals surface area contributed by atoms with E-state index in [2.05, 4.69) is 39.0 Å². The average molecular weight is 476 g/mol. The van der Waals surface area contributed by atoms with Gasteiger partial charge in [0.15, 0.2) is 11.5 Å². The highest BCUT2D eigenvalue weighted by atomic mass is 16.5. The first-order valence-corrected chi connectivity index (χ1v) is 12.6. The van der Waals surface area contributed by atoms with Crippen LogP contribution in [0.4, 0.5) is 17.2 Å². The number of methoxy groups -OCH3 is 2. The predicted molar refractivity (Wildman–Crippen MR) is 139 cm³/mol. The maximum absolute atomic E-state index is 5.60. The number of morpholine rings is 1. The molecule has 0 amide bonds. The van der Waals surface area contributed by atoms with Gasteiger partial charge in [-0.3, -0.25) is 0 Å². The summed E-state index contributed by atoms with van der Waals surface area (Å²) >= 11 is 0. The van der Waals surface area contributed by atoms with E-state index in [1.807, 2.05) is 12.1 Å². The van der Waals surface area contributed by atoms with E-state index in [4.69, 9.17) is 24.2 Å². The highest BCUT2D eigenvalue weighted by Gasteiger charge is 2.30. The van der Waals surface area contributed by atoms with E-state index in [0.717, 1.165) is 75.0 Å². The summed E-state index contributed by atoms with van der Waals surface area (Å²) in [7, 11) is 3.34. The van der Waals surface area contributed by atoms with Crippen molar-refractivity contribution in [2.24, 2.45) is 0 Å². The van der Waals surface area contributed by atoms with E-state index in [0.29, 0.717) is 17.4 Å². The van der Waals surface area contributed by atoms with Crippen molar-refractivity contribution in [2.45, 2.75) is 18.8 Å². The number of fused-ring (bicyclic) bond motifs is 1. The highest BCUT2D eigenvalue weighted by molar-refractivity contribution is 5.92. The summed E-state index contributed by atoms with van der Waals surface area (Å²) < 4.78 is 16.7. The standard InChI is InChI=1S/C27H33N5O3/c1-33-24-17-20-21(18-25(24)34-2)28-26(19-7-8-19)29-27(20)32-11-9-30(10-12-32)22-5-3-4-6-23(22)31-13-15-35-16-14-31/h3-6,17-19H,7-16H2,1-2H3. The molecular formula is C27H33N5O3. The van der Waals surface area contributed by atoms with Gasteiger partial charge in [0.05, 0.1) is 44.3 Å². The van der Waals surface area contributed by atoms with Gasteiger partial charge >= 0.3 is 0 Å². The third-order valence-corrected chi connectivity index (χ3v) is 7.29. The van der Waals surface area contributed by atoms with Crippen LogP contribution in [0.1, 0.15) is 24.6 Å². The van der Waals surface area contributed by atoms with E-state index >= 15 is 0 Å². The Morgan fingerprint density at radius 2 is 1.37 bits per heavy atom. The smallest absolute Gasteiger partial charge is 0.162 e. The number of ether oxygens (including phenoxy) is 3. The van der Waals surface area contributed by atoms with Crippen LogP contribution in [-0.4, -0.2) is 76.7 Å². The first-order chi connectivity index (χ1) is 17.2. The van der Waals surface area contributed by atoms with Crippen molar-refractivity contribution in [2.75, 3.05) is 81.4 Å². The topological polar surface area (TPSA) is 63.2 Å². The molecule has 0 unspecified atom stereocenters. The van der Waals surface area contributed by atoms with Crippen LogP contribution >= 0.6 is 0 Å². The maximum atomic E-state index is 5.60. The second-order valence-corrected chi connectivity index (χ2v) is 9.47. The Labute approximate surface area is 206 Å². The fourth-order valence-corrected chi connectivity index (χ4v) is 5.18. The number of para-hydroxylation sites is 2. The van der Waals surface area contributed by atoms with Crippen LogP contribution < -0.4 is 24.2 Å². The normalized spacial score (nSPS) is 18.7. The molecule has 0 radical (unpaired) electrons. The summed E-state index contributed by atoms with van der Waals surface area (Å²) in [6.45, 7) is 7.17. The Morgan fingerprint density at radius 3 is 2.00 bits per heavy atom. The van der Waals surface area contributed by atoms with E-state index < -0.39 is 0 Å². The summed E-state index contributed by atoms with van der Waals surface area (Å²) in [6.07, 6.45) is 2.34. The zero-order valence-corrected chi connectivity index (χ0v) is 20.6. The third-order valence-electron chi connectivity index (χ3n) is 7.29. The molecule has 184 valence electrons. The second-order valence-electron chi connectivity index (χ2n) is 9.47. The number of aromatic nitrogens is 2. The third kappa shape index (κ3) is 4.31. The molecule has 1 aliphatic carbocycles. The minimum Gasteiger partial charge on any atom is -0.493 e. The monoisotopic (exact) mass is 475 g/mol. The maximum Gasteiger partial charge on any atom is 0.162 e. The van der Waals surface area contributed by atoms with Gasteiger partial charge in [-0.2, -0.15) is 0 Å². The molecule has 2 aliphatic heterocycles. The van der Waals surface area contributed by atoms with Gasteiger partial charge in [-0.15, -0.1) is 0 Å².